The number of anilines is 1. The number of benzene rings is 1. The molecule has 1 aromatic rings. The summed E-state index contributed by atoms with van der Waals surface area (Å²) in [4.78, 5) is 10.9. The van der Waals surface area contributed by atoms with E-state index in [1.54, 1.807) is 0 Å². The Kier molecular flexibility index (Phi) is 3.32. The molecule has 16 heavy (non-hydrogen) atoms. The van der Waals surface area contributed by atoms with Crippen molar-refractivity contribution in [1.82, 2.24) is 0 Å². The maximum absolute atomic E-state index is 11.0. The van der Waals surface area contributed by atoms with Crippen molar-refractivity contribution >= 4 is 21.7 Å². The fourth-order valence-electron chi connectivity index (χ4n) is 1.52. The molecule has 0 aliphatic carbocycles. The first-order valence-corrected chi connectivity index (χ1v) is 5.81. The molecule has 0 bridgehead atoms. The molecule has 7 heteroatoms. The fraction of sp³-hybridized carbons (Fsp3) is 0.222. The summed E-state index contributed by atoms with van der Waals surface area (Å²) in [5, 5.41) is 2.62. The highest BCUT2D eigenvalue weighted by Gasteiger charge is 2.17. The highest BCUT2D eigenvalue weighted by atomic mass is 32.2. The topological polar surface area (TPSA) is 115 Å². The van der Waals surface area contributed by atoms with Crippen molar-refractivity contribution in [1.29, 1.82) is 0 Å². The second-order valence-electron chi connectivity index (χ2n) is 3.34. The van der Waals surface area contributed by atoms with Crippen LogP contribution in [0.3, 0.4) is 0 Å². The van der Waals surface area contributed by atoms with Crippen molar-refractivity contribution in [2.24, 2.45) is 0 Å². The molecule has 1 aliphatic heterocycles. The van der Waals surface area contributed by atoms with Gasteiger partial charge in [-0.3, -0.25) is 9.35 Å². The van der Waals surface area contributed by atoms with Crippen LogP contribution in [0.25, 0.3) is 0 Å². The first kappa shape index (κ1) is 12.6. The molecule has 1 aliphatic rings. The maximum Gasteiger partial charge on any atom is 0.294 e. The Morgan fingerprint density at radius 3 is 2.56 bits per heavy atom. The number of fused-ring (bicyclic) bond motifs is 1. The molecular formula is C9H11NO5S. The van der Waals surface area contributed by atoms with Crippen molar-refractivity contribution in [3.8, 4) is 0 Å². The first-order chi connectivity index (χ1) is 6.97. The molecule has 0 atom stereocenters. The van der Waals surface area contributed by atoms with Crippen molar-refractivity contribution in [2.75, 3.05) is 5.32 Å². The van der Waals surface area contributed by atoms with Crippen LogP contribution < -0.4 is 5.32 Å². The largest absolute Gasteiger partial charge is 0.412 e. The number of hydrogen-bond acceptors (Lipinski definition) is 3. The fourth-order valence-corrected chi connectivity index (χ4v) is 2.05. The summed E-state index contributed by atoms with van der Waals surface area (Å²) in [6.45, 7) is 0. The van der Waals surface area contributed by atoms with E-state index in [9.17, 15) is 13.2 Å². The molecule has 1 aromatic carbocycles. The maximum atomic E-state index is 11.0. The van der Waals surface area contributed by atoms with E-state index in [4.69, 9.17) is 4.55 Å². The molecule has 6 nitrogen and oxygen atoms in total. The van der Waals surface area contributed by atoms with Crippen LogP contribution in [0.2, 0.25) is 0 Å². The lowest BCUT2D eigenvalue weighted by Crippen LogP contribution is -2.19. The average Bonchev–Trinajstić information content (AvgIpc) is 2.15. The summed E-state index contributed by atoms with van der Waals surface area (Å²) >= 11 is 0. The SMILES string of the molecule is O.O=C1CCc2cc(S(=O)(=O)O)ccc2N1. The molecule has 0 unspecified atom stereocenters. The van der Waals surface area contributed by atoms with Gasteiger partial charge in [-0.1, -0.05) is 0 Å². The summed E-state index contributed by atoms with van der Waals surface area (Å²) in [5.74, 6) is -0.0814. The Labute approximate surface area is 92.3 Å². The van der Waals surface area contributed by atoms with Gasteiger partial charge in [0.05, 0.1) is 4.90 Å². The van der Waals surface area contributed by atoms with Gasteiger partial charge >= 0.3 is 0 Å². The lowest BCUT2D eigenvalue weighted by Gasteiger charge is -2.16. The molecule has 4 N–H and O–H groups in total. The van der Waals surface area contributed by atoms with Crippen molar-refractivity contribution in [3.05, 3.63) is 23.8 Å². The molecular weight excluding hydrogens is 234 g/mol. The monoisotopic (exact) mass is 245 g/mol. The summed E-state index contributed by atoms with van der Waals surface area (Å²) in [7, 11) is -4.16. The van der Waals surface area contributed by atoms with Crippen molar-refractivity contribution in [3.63, 3.8) is 0 Å². The predicted molar refractivity (Wildman–Crippen MR) is 56.8 cm³/mol. The van der Waals surface area contributed by atoms with E-state index < -0.39 is 10.1 Å². The second-order valence-corrected chi connectivity index (χ2v) is 4.76. The predicted octanol–water partition coefficient (Wildman–Crippen LogP) is -0.00670. The van der Waals surface area contributed by atoms with Crippen LogP contribution in [0.5, 0.6) is 0 Å². The van der Waals surface area contributed by atoms with E-state index >= 15 is 0 Å². The first-order valence-electron chi connectivity index (χ1n) is 4.37. The Morgan fingerprint density at radius 2 is 1.94 bits per heavy atom. The Bertz CT molecular complexity index is 523. The standard InChI is InChI=1S/C9H9NO4S.H2O/c11-9-4-1-6-5-7(15(12,13)14)2-3-8(6)10-9;/h2-3,5H,1,4H2,(H,10,11)(H,12,13,14);1H2. The highest BCUT2D eigenvalue weighted by molar-refractivity contribution is 7.85. The van der Waals surface area contributed by atoms with Gasteiger partial charge in [0.2, 0.25) is 5.91 Å². The summed E-state index contributed by atoms with van der Waals surface area (Å²) in [6.07, 6.45) is 0.826. The minimum Gasteiger partial charge on any atom is -0.412 e. The van der Waals surface area contributed by atoms with Crippen LogP contribution in [-0.4, -0.2) is 24.4 Å². The summed E-state index contributed by atoms with van der Waals surface area (Å²) < 4.78 is 30.5. The minimum absolute atomic E-state index is 0. The molecule has 0 spiro atoms. The van der Waals surface area contributed by atoms with E-state index in [0.717, 1.165) is 5.56 Å². The third kappa shape index (κ3) is 2.38. The Balaban J connectivity index is 0.00000128. The number of aryl methyl sites for hydroxylation is 1. The Hall–Kier alpha value is -1.44. The third-order valence-corrected chi connectivity index (χ3v) is 3.12. The average molecular weight is 245 g/mol. The molecule has 1 amide bonds. The molecule has 2 rings (SSSR count). The number of carbonyl (C=O) groups excluding carboxylic acids is 1. The molecule has 0 aromatic heterocycles. The zero-order chi connectivity index (χ0) is 11.1. The van der Waals surface area contributed by atoms with Gasteiger partial charge in [0.25, 0.3) is 10.1 Å². The molecule has 0 radical (unpaired) electrons. The van der Waals surface area contributed by atoms with E-state index in [-0.39, 0.29) is 16.3 Å². The molecule has 0 saturated carbocycles. The van der Waals surface area contributed by atoms with Gasteiger partial charge in [-0.2, -0.15) is 8.42 Å². The summed E-state index contributed by atoms with van der Waals surface area (Å²) in [6, 6.07) is 4.12. The molecule has 0 saturated heterocycles. The Morgan fingerprint density at radius 1 is 1.25 bits per heavy atom. The van der Waals surface area contributed by atoms with Gasteiger partial charge in [0, 0.05) is 12.1 Å². The quantitative estimate of drug-likeness (QED) is 0.677. The smallest absolute Gasteiger partial charge is 0.294 e. The molecule has 1 heterocycles. The third-order valence-electron chi connectivity index (χ3n) is 2.27. The van der Waals surface area contributed by atoms with Crippen LogP contribution >= 0.6 is 0 Å². The van der Waals surface area contributed by atoms with Gasteiger partial charge in [-0.25, -0.2) is 0 Å². The molecule has 0 fully saturated rings. The van der Waals surface area contributed by atoms with Gasteiger partial charge in [-0.05, 0) is 30.2 Å². The van der Waals surface area contributed by atoms with E-state index in [1.165, 1.54) is 18.2 Å². The number of rotatable bonds is 1. The van der Waals surface area contributed by atoms with Gasteiger partial charge < -0.3 is 10.8 Å². The van der Waals surface area contributed by atoms with Crippen LogP contribution in [0.15, 0.2) is 23.1 Å². The lowest BCUT2D eigenvalue weighted by atomic mass is 10.0. The van der Waals surface area contributed by atoms with Gasteiger partial charge in [-0.15, -0.1) is 0 Å². The highest BCUT2D eigenvalue weighted by Crippen LogP contribution is 2.25. The lowest BCUT2D eigenvalue weighted by molar-refractivity contribution is -0.116. The number of nitrogens with one attached hydrogen (secondary N) is 1. The normalized spacial score (nSPS) is 14.7. The zero-order valence-electron chi connectivity index (χ0n) is 8.23. The van der Waals surface area contributed by atoms with Gasteiger partial charge in [0.15, 0.2) is 0 Å². The van der Waals surface area contributed by atoms with Gasteiger partial charge in [0.1, 0.15) is 0 Å². The van der Waals surface area contributed by atoms with Crippen LogP contribution in [0.4, 0.5) is 5.69 Å². The van der Waals surface area contributed by atoms with E-state index in [1.807, 2.05) is 0 Å². The number of hydrogen-bond donors (Lipinski definition) is 2. The van der Waals surface area contributed by atoms with Crippen molar-refractivity contribution < 1.29 is 23.2 Å². The van der Waals surface area contributed by atoms with Crippen LogP contribution in [0, 0.1) is 0 Å². The van der Waals surface area contributed by atoms with Crippen LogP contribution in [-0.2, 0) is 21.3 Å². The zero-order valence-corrected chi connectivity index (χ0v) is 9.04. The van der Waals surface area contributed by atoms with E-state index in [0.29, 0.717) is 18.5 Å². The molecule has 88 valence electrons. The van der Waals surface area contributed by atoms with Crippen LogP contribution in [0.1, 0.15) is 12.0 Å². The van der Waals surface area contributed by atoms with Crippen molar-refractivity contribution in [2.45, 2.75) is 17.7 Å². The number of amides is 1. The minimum atomic E-state index is -4.16. The van der Waals surface area contributed by atoms with E-state index in [2.05, 4.69) is 5.32 Å². The number of carbonyl (C=O) groups is 1. The second kappa shape index (κ2) is 4.20. The summed E-state index contributed by atoms with van der Waals surface area (Å²) in [5.41, 5.74) is 1.34.